The fourth-order valence-electron chi connectivity index (χ4n) is 1.77. The first-order valence-corrected chi connectivity index (χ1v) is 7.41. The van der Waals surface area contributed by atoms with E-state index in [2.05, 4.69) is 0 Å². The molecule has 0 saturated carbocycles. The number of para-hydroxylation sites is 1. The number of benzene rings is 2. The van der Waals surface area contributed by atoms with Gasteiger partial charge in [-0.25, -0.2) is 4.79 Å². The third kappa shape index (κ3) is 4.43. The fraction of sp³-hybridized carbons (Fsp3) is 0.188. The van der Waals surface area contributed by atoms with Gasteiger partial charge in [0.1, 0.15) is 17.1 Å². The minimum atomic E-state index is -0.981. The molecule has 0 aliphatic carbocycles. The van der Waals surface area contributed by atoms with Crippen LogP contribution in [0.25, 0.3) is 0 Å². The summed E-state index contributed by atoms with van der Waals surface area (Å²) in [6.07, 6.45) is 0. The van der Waals surface area contributed by atoms with Gasteiger partial charge in [0.2, 0.25) is 0 Å². The van der Waals surface area contributed by atoms with Crippen molar-refractivity contribution in [3.05, 3.63) is 54.1 Å². The number of aromatic carboxylic acids is 1. The number of carboxylic acid groups (broad SMARTS) is 1. The third-order valence-corrected chi connectivity index (χ3v) is 3.73. The molecular formula is C16H16O4S. The molecule has 2 aromatic rings. The molecular weight excluding hydrogens is 288 g/mol. The van der Waals surface area contributed by atoms with Crippen molar-refractivity contribution >= 4 is 17.7 Å². The van der Waals surface area contributed by atoms with Crippen LogP contribution in [0.2, 0.25) is 0 Å². The first-order valence-electron chi connectivity index (χ1n) is 6.42. The van der Waals surface area contributed by atoms with E-state index in [4.69, 9.17) is 14.6 Å². The summed E-state index contributed by atoms with van der Waals surface area (Å²) in [6.45, 7) is 0.437. The number of ether oxygens (including phenoxy) is 2. The maximum absolute atomic E-state index is 11.0. The molecule has 0 bridgehead atoms. The zero-order valence-corrected chi connectivity index (χ0v) is 12.4. The van der Waals surface area contributed by atoms with Gasteiger partial charge in [-0.1, -0.05) is 18.2 Å². The standard InChI is InChI=1S/C16H16O4S/c1-19-12-5-4-6-13(11-12)21-10-9-20-15-8-3-2-7-14(15)16(17)18/h2-8,11H,9-10H2,1H3,(H,17,18). The van der Waals surface area contributed by atoms with Crippen molar-refractivity contribution < 1.29 is 19.4 Å². The topological polar surface area (TPSA) is 55.8 Å². The SMILES string of the molecule is COc1cccc(SCCOc2ccccc2C(=O)O)c1. The molecule has 4 nitrogen and oxygen atoms in total. The van der Waals surface area contributed by atoms with Gasteiger partial charge in [-0.2, -0.15) is 0 Å². The van der Waals surface area contributed by atoms with Crippen LogP contribution in [0.15, 0.2) is 53.4 Å². The average Bonchev–Trinajstić information content (AvgIpc) is 2.52. The second-order valence-corrected chi connectivity index (χ2v) is 5.35. The molecule has 0 fully saturated rings. The molecule has 0 unspecified atom stereocenters. The molecule has 2 rings (SSSR count). The van der Waals surface area contributed by atoms with Crippen LogP contribution >= 0.6 is 11.8 Å². The number of hydrogen-bond donors (Lipinski definition) is 1. The van der Waals surface area contributed by atoms with E-state index >= 15 is 0 Å². The van der Waals surface area contributed by atoms with Gasteiger partial charge in [0.05, 0.1) is 13.7 Å². The molecule has 0 heterocycles. The summed E-state index contributed by atoms with van der Waals surface area (Å²) in [7, 11) is 1.63. The summed E-state index contributed by atoms with van der Waals surface area (Å²) in [6, 6.07) is 14.4. The predicted molar refractivity (Wildman–Crippen MR) is 82.6 cm³/mol. The van der Waals surface area contributed by atoms with Gasteiger partial charge in [0.25, 0.3) is 0 Å². The normalized spacial score (nSPS) is 10.1. The highest BCUT2D eigenvalue weighted by molar-refractivity contribution is 7.99. The summed E-state index contributed by atoms with van der Waals surface area (Å²) in [4.78, 5) is 12.1. The van der Waals surface area contributed by atoms with Crippen molar-refractivity contribution in [1.29, 1.82) is 0 Å². The van der Waals surface area contributed by atoms with Crippen molar-refractivity contribution in [3.8, 4) is 11.5 Å². The Kier molecular flexibility index (Phi) is 5.51. The van der Waals surface area contributed by atoms with Gasteiger partial charge in [-0.3, -0.25) is 0 Å². The Balaban J connectivity index is 1.86. The van der Waals surface area contributed by atoms with Crippen LogP contribution in [0.3, 0.4) is 0 Å². The number of rotatable bonds is 7. The Labute approximate surface area is 127 Å². The molecule has 5 heteroatoms. The molecule has 1 N–H and O–H groups in total. The van der Waals surface area contributed by atoms with E-state index in [9.17, 15) is 4.79 Å². The molecule has 0 saturated heterocycles. The lowest BCUT2D eigenvalue weighted by molar-refractivity contribution is 0.0692. The van der Waals surface area contributed by atoms with Gasteiger partial charge in [-0.15, -0.1) is 11.8 Å². The summed E-state index contributed by atoms with van der Waals surface area (Å²) in [5.41, 5.74) is 0.184. The zero-order valence-electron chi connectivity index (χ0n) is 11.6. The third-order valence-electron chi connectivity index (χ3n) is 2.77. The molecule has 0 amide bonds. The molecule has 21 heavy (non-hydrogen) atoms. The van der Waals surface area contributed by atoms with Crippen LogP contribution in [-0.2, 0) is 0 Å². The van der Waals surface area contributed by atoms with E-state index in [0.717, 1.165) is 16.4 Å². The first kappa shape index (κ1) is 15.3. The van der Waals surface area contributed by atoms with E-state index in [1.807, 2.05) is 24.3 Å². The highest BCUT2D eigenvalue weighted by Crippen LogP contribution is 2.23. The van der Waals surface area contributed by atoms with Crippen LogP contribution in [0, 0.1) is 0 Å². The van der Waals surface area contributed by atoms with Crippen molar-refractivity contribution in [2.24, 2.45) is 0 Å². The molecule has 2 aromatic carbocycles. The van der Waals surface area contributed by atoms with E-state index in [0.29, 0.717) is 12.4 Å². The molecule has 0 aromatic heterocycles. The summed E-state index contributed by atoms with van der Waals surface area (Å²) in [5.74, 6) is 0.959. The van der Waals surface area contributed by atoms with Crippen LogP contribution in [0.4, 0.5) is 0 Å². The van der Waals surface area contributed by atoms with Gasteiger partial charge >= 0.3 is 5.97 Å². The minimum Gasteiger partial charge on any atom is -0.497 e. The Morgan fingerprint density at radius 3 is 2.76 bits per heavy atom. The number of carboxylic acids is 1. The van der Waals surface area contributed by atoms with E-state index in [1.54, 1.807) is 37.1 Å². The maximum Gasteiger partial charge on any atom is 0.339 e. The number of hydrogen-bond acceptors (Lipinski definition) is 4. The second kappa shape index (κ2) is 7.59. The fourth-order valence-corrected chi connectivity index (χ4v) is 2.55. The molecule has 0 atom stereocenters. The average molecular weight is 304 g/mol. The lowest BCUT2D eigenvalue weighted by Crippen LogP contribution is -2.05. The van der Waals surface area contributed by atoms with Gasteiger partial charge in [-0.05, 0) is 30.3 Å². The van der Waals surface area contributed by atoms with Crippen LogP contribution < -0.4 is 9.47 Å². The number of methoxy groups -OCH3 is 1. The highest BCUT2D eigenvalue weighted by Gasteiger charge is 2.09. The maximum atomic E-state index is 11.0. The Bertz CT molecular complexity index is 613. The predicted octanol–water partition coefficient (Wildman–Crippen LogP) is 3.56. The number of thioether (sulfide) groups is 1. The largest absolute Gasteiger partial charge is 0.497 e. The summed E-state index contributed by atoms with van der Waals surface area (Å²) < 4.78 is 10.7. The van der Waals surface area contributed by atoms with Crippen molar-refractivity contribution in [1.82, 2.24) is 0 Å². The minimum absolute atomic E-state index is 0.184. The van der Waals surface area contributed by atoms with Gasteiger partial charge < -0.3 is 14.6 Å². The monoisotopic (exact) mass is 304 g/mol. The highest BCUT2D eigenvalue weighted by atomic mass is 32.2. The smallest absolute Gasteiger partial charge is 0.339 e. The molecule has 110 valence electrons. The lowest BCUT2D eigenvalue weighted by atomic mass is 10.2. The Hall–Kier alpha value is -2.14. The van der Waals surface area contributed by atoms with Crippen LogP contribution in [0.1, 0.15) is 10.4 Å². The quantitative estimate of drug-likeness (QED) is 0.626. The van der Waals surface area contributed by atoms with Gasteiger partial charge in [0.15, 0.2) is 0 Å². The zero-order chi connectivity index (χ0) is 15.1. The van der Waals surface area contributed by atoms with E-state index in [-0.39, 0.29) is 5.56 Å². The van der Waals surface area contributed by atoms with Crippen LogP contribution in [0.5, 0.6) is 11.5 Å². The lowest BCUT2D eigenvalue weighted by Gasteiger charge is -2.09. The Morgan fingerprint density at radius 2 is 2.00 bits per heavy atom. The molecule has 0 spiro atoms. The molecule has 0 aliphatic heterocycles. The summed E-state index contributed by atoms with van der Waals surface area (Å²) >= 11 is 1.63. The van der Waals surface area contributed by atoms with Crippen molar-refractivity contribution in [3.63, 3.8) is 0 Å². The van der Waals surface area contributed by atoms with Gasteiger partial charge in [0, 0.05) is 10.6 Å². The van der Waals surface area contributed by atoms with Crippen molar-refractivity contribution in [2.75, 3.05) is 19.5 Å². The summed E-state index contributed by atoms with van der Waals surface area (Å²) in [5, 5.41) is 9.06. The van der Waals surface area contributed by atoms with E-state index < -0.39 is 5.97 Å². The second-order valence-electron chi connectivity index (χ2n) is 4.18. The number of carbonyl (C=O) groups is 1. The van der Waals surface area contributed by atoms with Crippen LogP contribution in [-0.4, -0.2) is 30.5 Å². The van der Waals surface area contributed by atoms with E-state index in [1.165, 1.54) is 6.07 Å². The molecule has 0 aliphatic rings. The Morgan fingerprint density at radius 1 is 1.19 bits per heavy atom. The van der Waals surface area contributed by atoms with Crippen molar-refractivity contribution in [2.45, 2.75) is 4.90 Å². The molecule has 0 radical (unpaired) electrons. The first-order chi connectivity index (χ1) is 10.2.